The van der Waals surface area contributed by atoms with E-state index in [1.165, 1.54) is 12.1 Å². The molecule has 0 aliphatic carbocycles. The Morgan fingerprint density at radius 2 is 1.74 bits per heavy atom. The number of aromatic nitrogens is 2. The van der Waals surface area contributed by atoms with Crippen molar-refractivity contribution in [1.29, 1.82) is 0 Å². The van der Waals surface area contributed by atoms with Crippen LogP contribution in [0.3, 0.4) is 0 Å². The van der Waals surface area contributed by atoms with Crippen molar-refractivity contribution < 1.29 is 26.5 Å². The van der Waals surface area contributed by atoms with Crippen molar-refractivity contribution >= 4 is 22.4 Å². The normalized spacial score (nSPS) is 17.0. The minimum atomic E-state index is -3.04. The Balaban J connectivity index is 2.04. The van der Waals surface area contributed by atoms with E-state index in [0.29, 0.717) is 22.5 Å². The van der Waals surface area contributed by atoms with Gasteiger partial charge in [0.15, 0.2) is 11.5 Å². The summed E-state index contributed by atoms with van der Waals surface area (Å²) in [4.78, 5) is 8.57. The summed E-state index contributed by atoms with van der Waals surface area (Å²) in [5.74, 6) is -0.912. The molecule has 3 aromatic rings. The summed E-state index contributed by atoms with van der Waals surface area (Å²) < 4.78 is 81.3. The lowest BCUT2D eigenvalue weighted by molar-refractivity contribution is 0.324. The van der Waals surface area contributed by atoms with Crippen molar-refractivity contribution in [3.8, 4) is 17.2 Å². The number of benzene rings is 2. The number of anilines is 2. The van der Waals surface area contributed by atoms with Crippen molar-refractivity contribution in [3.05, 3.63) is 41.2 Å². The molecule has 27 heavy (non-hydrogen) atoms. The second-order valence-corrected chi connectivity index (χ2v) is 5.86. The maximum Gasteiger partial charge on any atom is 0.203 e. The molecule has 0 saturated carbocycles. The Kier molecular flexibility index (Phi) is 2.86. The zero-order valence-corrected chi connectivity index (χ0v) is 14.7. The molecule has 0 aliphatic rings. The van der Waals surface area contributed by atoms with Crippen molar-refractivity contribution in [3.63, 3.8) is 0 Å². The predicted octanol–water partition coefficient (Wildman–Crippen LogP) is 3.47. The number of ether oxygens (including phenoxy) is 3. The molecule has 7 heteroatoms. The molecule has 7 nitrogen and oxygen atoms in total. The van der Waals surface area contributed by atoms with Crippen LogP contribution in [0, 0.1) is 13.8 Å². The van der Waals surface area contributed by atoms with Gasteiger partial charge in [-0.05, 0) is 31.0 Å². The number of aryl methyl sites for hydroxylation is 2. The van der Waals surface area contributed by atoms with Gasteiger partial charge in [0.25, 0.3) is 0 Å². The molecule has 0 radical (unpaired) electrons. The molecule has 142 valence electrons. The standard InChI is InChI=1S/C20H24N4O3/c1-11-13(6-7-15-18(11)20(21)24-12(2)23-15)10-22-14-8-16(25-3)19(27-5)17(9-14)26-4/h6-9,22H,10H2,1-5H3,(H2,21,23,24)/i3D3,4D3,5D3. The number of nitrogens with two attached hydrogens (primary N) is 1. The average Bonchev–Trinajstić information content (AvgIpc) is 2.66. The van der Waals surface area contributed by atoms with E-state index in [2.05, 4.69) is 15.3 Å². The molecule has 0 spiro atoms. The van der Waals surface area contributed by atoms with Crippen LogP contribution in [0.15, 0.2) is 24.3 Å². The van der Waals surface area contributed by atoms with Crippen LogP contribution in [-0.2, 0) is 6.54 Å². The maximum absolute atomic E-state index is 7.41. The molecule has 1 aromatic heterocycles. The SMILES string of the molecule is [2H]C([2H])([2H])Oc1cc(NCc2ccc3nc(C)nc(N)c3c2C)cc(OC([2H])([2H])[2H])c1OC([2H])([2H])[2H]. The van der Waals surface area contributed by atoms with Crippen LogP contribution >= 0.6 is 0 Å². The van der Waals surface area contributed by atoms with Crippen LogP contribution in [0.25, 0.3) is 10.9 Å². The highest BCUT2D eigenvalue weighted by Gasteiger charge is 2.14. The van der Waals surface area contributed by atoms with E-state index in [9.17, 15) is 0 Å². The van der Waals surface area contributed by atoms with Gasteiger partial charge in [0.2, 0.25) is 5.75 Å². The number of rotatable bonds is 6. The predicted molar refractivity (Wildman–Crippen MR) is 107 cm³/mol. The van der Waals surface area contributed by atoms with Crippen molar-refractivity contribution in [2.75, 3.05) is 32.2 Å². The van der Waals surface area contributed by atoms with Crippen molar-refractivity contribution in [1.82, 2.24) is 9.97 Å². The van der Waals surface area contributed by atoms with Gasteiger partial charge in [-0.1, -0.05) is 6.07 Å². The molecule has 0 saturated heterocycles. The molecule has 0 fully saturated rings. The van der Waals surface area contributed by atoms with Gasteiger partial charge in [0.1, 0.15) is 11.6 Å². The van der Waals surface area contributed by atoms with Crippen LogP contribution in [0.2, 0.25) is 0 Å². The fraction of sp³-hybridized carbons (Fsp3) is 0.300. The van der Waals surface area contributed by atoms with Crippen LogP contribution in [0.4, 0.5) is 11.5 Å². The summed E-state index contributed by atoms with van der Waals surface area (Å²) in [5, 5.41) is 3.71. The highest BCUT2D eigenvalue weighted by atomic mass is 16.5. The van der Waals surface area contributed by atoms with Crippen LogP contribution in [0.5, 0.6) is 17.2 Å². The summed E-state index contributed by atoms with van der Waals surface area (Å²) in [7, 11) is -9.03. The highest BCUT2D eigenvalue weighted by molar-refractivity contribution is 5.92. The molecular weight excluding hydrogens is 344 g/mol. The zero-order chi connectivity index (χ0) is 27.1. The molecule has 2 aromatic carbocycles. The monoisotopic (exact) mass is 377 g/mol. The van der Waals surface area contributed by atoms with Gasteiger partial charge < -0.3 is 25.3 Å². The number of methoxy groups -OCH3 is 3. The fourth-order valence-corrected chi connectivity index (χ4v) is 2.91. The lowest BCUT2D eigenvalue weighted by Crippen LogP contribution is -2.05. The van der Waals surface area contributed by atoms with Gasteiger partial charge in [-0.2, -0.15) is 0 Å². The summed E-state index contributed by atoms with van der Waals surface area (Å²) in [5.41, 5.74) is 8.54. The quantitative estimate of drug-likeness (QED) is 0.679. The number of nitrogen functional groups attached to an aromatic ring is 1. The Morgan fingerprint density at radius 3 is 2.41 bits per heavy atom. The first-order valence-corrected chi connectivity index (χ1v) is 7.93. The van der Waals surface area contributed by atoms with E-state index in [1.54, 1.807) is 13.0 Å². The first-order chi connectivity index (χ1) is 16.4. The van der Waals surface area contributed by atoms with E-state index in [1.807, 2.05) is 13.0 Å². The van der Waals surface area contributed by atoms with Crippen molar-refractivity contribution in [2.24, 2.45) is 0 Å². The Hall–Kier alpha value is -3.22. The smallest absolute Gasteiger partial charge is 0.203 e. The number of hydrogen-bond donors (Lipinski definition) is 2. The lowest BCUT2D eigenvalue weighted by Gasteiger charge is -2.16. The molecule has 0 unspecified atom stereocenters. The molecular formula is C20H24N4O3. The third kappa shape index (κ3) is 3.53. The van der Waals surface area contributed by atoms with Gasteiger partial charge in [0, 0.05) is 29.8 Å². The van der Waals surface area contributed by atoms with E-state index in [-0.39, 0.29) is 12.2 Å². The second kappa shape index (κ2) is 7.57. The van der Waals surface area contributed by atoms with Gasteiger partial charge in [-0.3, -0.25) is 0 Å². The molecule has 3 rings (SSSR count). The van der Waals surface area contributed by atoms with E-state index in [0.717, 1.165) is 11.1 Å². The Morgan fingerprint density at radius 1 is 1.04 bits per heavy atom. The highest BCUT2D eigenvalue weighted by Crippen LogP contribution is 2.40. The first kappa shape index (κ1) is 10.2. The zero-order valence-electron chi connectivity index (χ0n) is 23.7. The first-order valence-electron chi connectivity index (χ1n) is 12.4. The third-order valence-electron chi connectivity index (χ3n) is 4.20. The maximum atomic E-state index is 7.41. The van der Waals surface area contributed by atoms with Gasteiger partial charge in [-0.15, -0.1) is 0 Å². The minimum absolute atomic E-state index is 0.180. The Bertz CT molecular complexity index is 1240. The molecule has 1 heterocycles. The topological polar surface area (TPSA) is 91.5 Å². The van der Waals surface area contributed by atoms with E-state index >= 15 is 0 Å². The molecule has 0 amide bonds. The van der Waals surface area contributed by atoms with Crippen molar-refractivity contribution in [2.45, 2.75) is 20.4 Å². The summed E-state index contributed by atoms with van der Waals surface area (Å²) in [6, 6.07) is 5.96. The molecule has 0 bridgehead atoms. The summed E-state index contributed by atoms with van der Waals surface area (Å²) in [6.07, 6.45) is 0. The van der Waals surface area contributed by atoms with Crippen LogP contribution in [-0.4, -0.2) is 31.1 Å². The number of fused-ring (bicyclic) bond motifs is 1. The number of nitrogens with one attached hydrogen (secondary N) is 1. The van der Waals surface area contributed by atoms with Gasteiger partial charge >= 0.3 is 0 Å². The average molecular weight is 377 g/mol. The van der Waals surface area contributed by atoms with Crippen LogP contribution < -0.4 is 25.3 Å². The fourth-order valence-electron chi connectivity index (χ4n) is 2.91. The molecule has 0 aliphatic heterocycles. The second-order valence-electron chi connectivity index (χ2n) is 5.86. The van der Waals surface area contributed by atoms with Crippen LogP contribution in [0.1, 0.15) is 29.3 Å². The van der Waals surface area contributed by atoms with Gasteiger partial charge in [-0.25, -0.2) is 9.97 Å². The number of nitrogens with zero attached hydrogens (tertiary/aromatic N) is 2. The largest absolute Gasteiger partial charge is 0.493 e. The third-order valence-corrected chi connectivity index (χ3v) is 4.20. The minimum Gasteiger partial charge on any atom is -0.493 e. The Labute approximate surface area is 171 Å². The molecule has 0 atom stereocenters. The summed E-state index contributed by atoms with van der Waals surface area (Å²) in [6.45, 7) is 3.76. The van der Waals surface area contributed by atoms with E-state index < -0.39 is 38.4 Å². The lowest BCUT2D eigenvalue weighted by atomic mass is 10.0. The molecule has 3 N–H and O–H groups in total. The number of hydrogen-bond acceptors (Lipinski definition) is 7. The van der Waals surface area contributed by atoms with Gasteiger partial charge in [0.05, 0.1) is 39.0 Å². The summed E-state index contributed by atoms with van der Waals surface area (Å²) >= 11 is 0. The van der Waals surface area contributed by atoms with E-state index in [4.69, 9.17) is 32.3 Å².